The number of carbonyl (C=O) groups is 2. The Kier molecular flexibility index (Phi) is 4.85. The third kappa shape index (κ3) is 3.70. The lowest BCUT2D eigenvalue weighted by Crippen LogP contribution is -2.22. The smallest absolute Gasteiger partial charge is 0.259 e. The molecule has 3 aromatic carbocycles. The van der Waals surface area contributed by atoms with Gasteiger partial charge in [-0.3, -0.25) is 9.59 Å². The van der Waals surface area contributed by atoms with Gasteiger partial charge in [0.2, 0.25) is 0 Å². The molecule has 166 valence electrons. The number of H-pyrrole nitrogens is 1. The molecule has 0 bridgehead atoms. The van der Waals surface area contributed by atoms with Crippen LogP contribution >= 0.6 is 11.3 Å². The third-order valence-corrected chi connectivity index (χ3v) is 6.66. The van der Waals surface area contributed by atoms with Crippen LogP contribution in [0.4, 0.5) is 5.69 Å². The zero-order chi connectivity index (χ0) is 23.1. The Morgan fingerprint density at radius 2 is 1.94 bits per heavy atom. The van der Waals surface area contributed by atoms with E-state index in [1.54, 1.807) is 53.9 Å². The lowest BCUT2D eigenvalue weighted by Gasteiger charge is -2.10. The molecule has 5 aromatic rings. The number of aromatic nitrogens is 2. The summed E-state index contributed by atoms with van der Waals surface area (Å²) in [4.78, 5) is 34.0. The molecular weight excluding hydrogens is 448 g/mol. The van der Waals surface area contributed by atoms with Crippen LogP contribution in [0, 0.1) is 0 Å². The van der Waals surface area contributed by atoms with E-state index in [1.807, 2.05) is 30.5 Å². The molecule has 3 N–H and O–H groups in total. The standard InChI is InChI=1S/C26H18N4O3S/c31-24(16-6-8-23-21(12-16)30-25(32)19-3-1-2-4-22(19)33-23)28-13-18-14-29-26(34-18)17-5-7-20-15(11-17)9-10-27-20/h1-12,14,27H,13H2,(H,28,31)(H,30,32). The molecule has 0 unspecified atom stereocenters. The monoisotopic (exact) mass is 466 g/mol. The maximum atomic E-state index is 12.8. The molecule has 3 heterocycles. The van der Waals surface area contributed by atoms with Crippen molar-refractivity contribution in [2.75, 3.05) is 5.32 Å². The number of fused-ring (bicyclic) bond motifs is 3. The van der Waals surface area contributed by atoms with Crippen molar-refractivity contribution in [1.82, 2.24) is 15.3 Å². The second-order valence-corrected chi connectivity index (χ2v) is 8.97. The quantitative estimate of drug-likeness (QED) is 0.322. The van der Waals surface area contributed by atoms with Crippen LogP contribution in [0.15, 0.2) is 79.1 Å². The van der Waals surface area contributed by atoms with Crippen LogP contribution in [0.25, 0.3) is 21.5 Å². The molecule has 0 saturated heterocycles. The van der Waals surface area contributed by atoms with Crippen molar-refractivity contribution in [2.45, 2.75) is 6.54 Å². The van der Waals surface area contributed by atoms with E-state index in [0.717, 1.165) is 26.4 Å². The number of hydrogen-bond acceptors (Lipinski definition) is 5. The van der Waals surface area contributed by atoms with E-state index in [-0.39, 0.29) is 11.8 Å². The molecule has 2 aromatic heterocycles. The third-order valence-electron chi connectivity index (χ3n) is 5.62. The van der Waals surface area contributed by atoms with Gasteiger partial charge in [-0.15, -0.1) is 11.3 Å². The average Bonchev–Trinajstić information content (AvgIpc) is 3.50. The minimum Gasteiger partial charge on any atom is -0.454 e. The fourth-order valence-corrected chi connectivity index (χ4v) is 4.74. The molecule has 0 spiro atoms. The molecular formula is C26H18N4O3S. The van der Waals surface area contributed by atoms with Gasteiger partial charge in [0.1, 0.15) is 10.8 Å². The first-order valence-corrected chi connectivity index (χ1v) is 11.5. The Labute approximate surface area is 198 Å². The molecule has 1 aliphatic heterocycles. The van der Waals surface area contributed by atoms with Crippen LogP contribution in [0.1, 0.15) is 25.6 Å². The lowest BCUT2D eigenvalue weighted by molar-refractivity contribution is 0.0950. The van der Waals surface area contributed by atoms with E-state index >= 15 is 0 Å². The summed E-state index contributed by atoms with van der Waals surface area (Å²) in [6.45, 7) is 0.355. The second-order valence-electron chi connectivity index (χ2n) is 7.86. The highest BCUT2D eigenvalue weighted by atomic mass is 32.1. The Balaban J connectivity index is 1.16. The predicted molar refractivity (Wildman–Crippen MR) is 131 cm³/mol. The lowest BCUT2D eigenvalue weighted by atomic mass is 10.1. The first-order chi connectivity index (χ1) is 16.6. The highest BCUT2D eigenvalue weighted by Crippen LogP contribution is 2.36. The molecule has 0 aliphatic carbocycles. The zero-order valence-electron chi connectivity index (χ0n) is 17.8. The summed E-state index contributed by atoms with van der Waals surface area (Å²) in [6, 6.07) is 20.2. The number of para-hydroxylation sites is 1. The van der Waals surface area contributed by atoms with Crippen LogP contribution in [0.5, 0.6) is 11.5 Å². The Bertz CT molecular complexity index is 1570. The van der Waals surface area contributed by atoms with Crippen molar-refractivity contribution < 1.29 is 14.3 Å². The number of anilines is 1. The first-order valence-electron chi connectivity index (χ1n) is 10.7. The molecule has 0 radical (unpaired) electrons. The maximum Gasteiger partial charge on any atom is 0.259 e. The summed E-state index contributed by atoms with van der Waals surface area (Å²) < 4.78 is 5.88. The van der Waals surface area contributed by atoms with Gasteiger partial charge >= 0.3 is 0 Å². The predicted octanol–water partition coefficient (Wildman–Crippen LogP) is 5.58. The minimum atomic E-state index is -0.276. The second kappa shape index (κ2) is 8.17. The van der Waals surface area contributed by atoms with Gasteiger partial charge in [0.05, 0.1) is 17.8 Å². The Morgan fingerprint density at radius 3 is 2.88 bits per heavy atom. The summed E-state index contributed by atoms with van der Waals surface area (Å²) >= 11 is 1.54. The molecule has 0 saturated carbocycles. The number of rotatable bonds is 4. The highest BCUT2D eigenvalue weighted by Gasteiger charge is 2.21. The minimum absolute atomic E-state index is 0.248. The highest BCUT2D eigenvalue weighted by molar-refractivity contribution is 7.15. The summed E-state index contributed by atoms with van der Waals surface area (Å²) in [5, 5.41) is 7.78. The number of nitrogens with zero attached hydrogens (tertiary/aromatic N) is 1. The summed E-state index contributed by atoms with van der Waals surface area (Å²) in [6.07, 6.45) is 3.69. The van der Waals surface area contributed by atoms with E-state index in [1.165, 1.54) is 0 Å². The number of carbonyl (C=O) groups excluding carboxylic acids is 2. The molecule has 34 heavy (non-hydrogen) atoms. The zero-order valence-corrected chi connectivity index (χ0v) is 18.6. The van der Waals surface area contributed by atoms with Crippen LogP contribution in [-0.4, -0.2) is 21.8 Å². The maximum absolute atomic E-state index is 12.8. The summed E-state index contributed by atoms with van der Waals surface area (Å²) in [5.74, 6) is 0.443. The van der Waals surface area contributed by atoms with Gasteiger partial charge in [-0.2, -0.15) is 0 Å². The van der Waals surface area contributed by atoms with E-state index in [4.69, 9.17) is 4.74 Å². The normalized spacial score (nSPS) is 12.3. The van der Waals surface area contributed by atoms with Crippen molar-refractivity contribution in [2.24, 2.45) is 0 Å². The van der Waals surface area contributed by atoms with E-state index in [0.29, 0.717) is 34.9 Å². The number of aromatic amines is 1. The number of thiazole rings is 1. The van der Waals surface area contributed by atoms with E-state index in [9.17, 15) is 9.59 Å². The number of nitrogens with one attached hydrogen (secondary N) is 3. The van der Waals surface area contributed by atoms with Crippen molar-refractivity contribution in [3.8, 4) is 22.1 Å². The molecule has 6 rings (SSSR count). The van der Waals surface area contributed by atoms with Crippen molar-refractivity contribution >= 4 is 39.7 Å². The topological polar surface area (TPSA) is 96.1 Å². The van der Waals surface area contributed by atoms with Crippen molar-refractivity contribution in [1.29, 1.82) is 0 Å². The molecule has 2 amide bonds. The fraction of sp³-hybridized carbons (Fsp3) is 0.0385. The van der Waals surface area contributed by atoms with Crippen LogP contribution in [0.3, 0.4) is 0 Å². The molecule has 0 atom stereocenters. The number of amides is 2. The average molecular weight is 467 g/mol. The van der Waals surface area contributed by atoms with Gasteiger partial charge in [0, 0.05) is 39.3 Å². The molecule has 0 fully saturated rings. The van der Waals surface area contributed by atoms with Gasteiger partial charge < -0.3 is 20.4 Å². The van der Waals surface area contributed by atoms with Crippen molar-refractivity contribution in [3.63, 3.8) is 0 Å². The number of hydrogen-bond donors (Lipinski definition) is 3. The first kappa shape index (κ1) is 20.2. The van der Waals surface area contributed by atoms with Gasteiger partial charge in [-0.25, -0.2) is 4.98 Å². The van der Waals surface area contributed by atoms with Gasteiger partial charge in [-0.05, 0) is 54.6 Å². The van der Waals surface area contributed by atoms with Crippen LogP contribution in [0.2, 0.25) is 0 Å². The van der Waals surface area contributed by atoms with Crippen molar-refractivity contribution in [3.05, 3.63) is 95.1 Å². The molecule has 8 heteroatoms. The number of ether oxygens (including phenoxy) is 1. The fourth-order valence-electron chi connectivity index (χ4n) is 3.89. The van der Waals surface area contributed by atoms with Gasteiger partial charge in [-0.1, -0.05) is 12.1 Å². The van der Waals surface area contributed by atoms with Gasteiger partial charge in [0.15, 0.2) is 5.75 Å². The van der Waals surface area contributed by atoms with E-state index in [2.05, 4.69) is 26.7 Å². The van der Waals surface area contributed by atoms with Crippen LogP contribution in [-0.2, 0) is 6.54 Å². The largest absolute Gasteiger partial charge is 0.454 e. The molecule has 7 nitrogen and oxygen atoms in total. The SMILES string of the molecule is O=C(NCc1cnc(-c2ccc3[nH]ccc3c2)s1)c1ccc2c(c1)NC(=O)c1ccccc1O2. The molecule has 1 aliphatic rings. The summed E-state index contributed by atoms with van der Waals surface area (Å²) in [7, 11) is 0. The van der Waals surface area contributed by atoms with Gasteiger partial charge in [0.25, 0.3) is 11.8 Å². The van der Waals surface area contributed by atoms with Crippen LogP contribution < -0.4 is 15.4 Å². The summed E-state index contributed by atoms with van der Waals surface area (Å²) in [5.41, 5.74) is 3.45. The Morgan fingerprint density at radius 1 is 1.03 bits per heavy atom. The van der Waals surface area contributed by atoms with E-state index < -0.39 is 0 Å². The number of benzene rings is 3. The Hall–Kier alpha value is -4.43.